The average Bonchev–Trinajstić information content (AvgIpc) is 3.55. The summed E-state index contributed by atoms with van der Waals surface area (Å²) in [5, 5.41) is 35.4. The predicted molar refractivity (Wildman–Crippen MR) is 150 cm³/mol. The number of aromatic nitrogens is 5. The van der Waals surface area contributed by atoms with Crippen molar-refractivity contribution in [3.05, 3.63) is 90.4 Å². The maximum Gasteiger partial charge on any atom is 0.492 e. The number of pyridine rings is 1. The van der Waals surface area contributed by atoms with Gasteiger partial charge < -0.3 is 29.8 Å². The number of anilines is 3. The molecule has 0 aliphatic carbocycles. The van der Waals surface area contributed by atoms with Gasteiger partial charge in [-0.3, -0.25) is 4.98 Å². The summed E-state index contributed by atoms with van der Waals surface area (Å²) < 4.78 is 11.6. The molecule has 0 saturated heterocycles. The van der Waals surface area contributed by atoms with Crippen LogP contribution in [0.15, 0.2) is 83.7 Å². The van der Waals surface area contributed by atoms with E-state index in [9.17, 15) is 10.1 Å². The van der Waals surface area contributed by atoms with Crippen molar-refractivity contribution in [2.45, 2.75) is 25.5 Å². The summed E-state index contributed by atoms with van der Waals surface area (Å²) in [5.74, 6) is 1.22. The number of rotatable bonds is 8. The monoisotopic (exact) mass is 535 g/mol. The number of hydrogen-bond acceptors (Lipinski definition) is 11. The Labute approximate surface area is 230 Å². The van der Waals surface area contributed by atoms with E-state index in [1.54, 1.807) is 24.7 Å². The van der Waals surface area contributed by atoms with Crippen LogP contribution >= 0.6 is 0 Å². The number of benzene rings is 2. The van der Waals surface area contributed by atoms with E-state index in [1.807, 2.05) is 68.4 Å². The van der Waals surface area contributed by atoms with E-state index in [4.69, 9.17) is 14.1 Å². The van der Waals surface area contributed by atoms with Gasteiger partial charge in [0.2, 0.25) is 11.8 Å². The number of aliphatic hydroxyl groups excluding tert-OH is 1. The third kappa shape index (κ3) is 5.03. The van der Waals surface area contributed by atoms with Gasteiger partial charge in [0.05, 0.1) is 29.4 Å². The highest BCUT2D eigenvalue weighted by atomic mass is 16.5. The molecule has 0 radical (unpaired) electrons. The molecule has 11 nitrogen and oxygen atoms in total. The summed E-state index contributed by atoms with van der Waals surface area (Å²) in [5.41, 5.74) is 3.71. The quantitative estimate of drug-likeness (QED) is 0.216. The van der Waals surface area contributed by atoms with Crippen molar-refractivity contribution in [2.24, 2.45) is 0 Å². The van der Waals surface area contributed by atoms with Crippen LogP contribution in [0.2, 0.25) is 0 Å². The Kier molecular flexibility index (Phi) is 6.72. The van der Waals surface area contributed by atoms with Crippen molar-refractivity contribution in [3.8, 4) is 22.9 Å². The van der Waals surface area contributed by atoms with Gasteiger partial charge in [-0.2, -0.15) is 4.98 Å². The van der Waals surface area contributed by atoms with Gasteiger partial charge in [-0.05, 0) is 54.7 Å². The van der Waals surface area contributed by atoms with E-state index in [0.717, 1.165) is 22.3 Å². The molecule has 4 heterocycles. The van der Waals surface area contributed by atoms with Crippen LogP contribution < -0.4 is 16.1 Å². The Hall–Kier alpha value is -4.65. The molecule has 0 bridgehead atoms. The van der Waals surface area contributed by atoms with Crippen molar-refractivity contribution in [3.63, 3.8) is 0 Å². The third-order valence-corrected chi connectivity index (χ3v) is 6.68. The Morgan fingerprint density at radius 2 is 1.82 bits per heavy atom. The first-order valence-electron chi connectivity index (χ1n) is 12.7. The molecule has 40 heavy (non-hydrogen) atoms. The smallest absolute Gasteiger partial charge is 0.423 e. The number of hydrogen-bond donors (Lipinski definition) is 4. The van der Waals surface area contributed by atoms with E-state index >= 15 is 0 Å². The largest absolute Gasteiger partial charge is 0.492 e. The van der Waals surface area contributed by atoms with Crippen molar-refractivity contribution >= 4 is 30.0 Å². The topological polar surface area (TPSA) is 151 Å². The van der Waals surface area contributed by atoms with Crippen LogP contribution in [0.3, 0.4) is 0 Å². The van der Waals surface area contributed by atoms with Gasteiger partial charge in [-0.25, -0.2) is 4.98 Å². The second kappa shape index (κ2) is 10.5. The summed E-state index contributed by atoms with van der Waals surface area (Å²) in [6.07, 6.45) is 4.89. The Bertz CT molecular complexity index is 1630. The van der Waals surface area contributed by atoms with Gasteiger partial charge in [-0.15, -0.1) is 10.2 Å². The summed E-state index contributed by atoms with van der Waals surface area (Å²) in [7, 11) is -0.968. The van der Waals surface area contributed by atoms with E-state index < -0.39 is 18.8 Å². The number of aliphatic hydroxyl groups is 1. The van der Waals surface area contributed by atoms with Crippen LogP contribution in [-0.2, 0) is 10.3 Å². The van der Waals surface area contributed by atoms with Crippen LogP contribution in [0.5, 0.6) is 0 Å². The fourth-order valence-electron chi connectivity index (χ4n) is 4.64. The SMILES string of the molecule is CC1(C)OB(O)c2ccc(Nc3ncc(-c4nnc(-c5cccnc5)o4)c(N[C@H](CO)c4ccccc4)n3)cc21. The Balaban J connectivity index is 1.36. The first kappa shape index (κ1) is 25.6. The molecule has 0 spiro atoms. The molecule has 0 unspecified atom stereocenters. The predicted octanol–water partition coefficient (Wildman–Crippen LogP) is 3.43. The number of fused-ring (bicyclic) bond motifs is 1. The molecule has 1 atom stereocenters. The molecule has 0 amide bonds. The molecule has 5 aromatic rings. The van der Waals surface area contributed by atoms with E-state index in [0.29, 0.717) is 28.8 Å². The molecule has 3 aromatic heterocycles. The highest BCUT2D eigenvalue weighted by Gasteiger charge is 2.40. The normalized spacial score (nSPS) is 14.6. The lowest BCUT2D eigenvalue weighted by Crippen LogP contribution is -2.28. The van der Waals surface area contributed by atoms with Gasteiger partial charge in [0.15, 0.2) is 0 Å². The second-order valence-electron chi connectivity index (χ2n) is 9.81. The lowest BCUT2D eigenvalue weighted by molar-refractivity contribution is 0.101. The minimum absolute atomic E-state index is 0.177. The van der Waals surface area contributed by atoms with Gasteiger partial charge in [0.1, 0.15) is 5.82 Å². The number of nitrogens with zero attached hydrogens (tertiary/aromatic N) is 5. The molecule has 12 heteroatoms. The average molecular weight is 535 g/mol. The minimum Gasteiger partial charge on any atom is -0.423 e. The lowest BCUT2D eigenvalue weighted by atomic mass is 9.78. The molecule has 1 aliphatic rings. The van der Waals surface area contributed by atoms with Gasteiger partial charge >= 0.3 is 7.12 Å². The van der Waals surface area contributed by atoms with Crippen LogP contribution in [0, 0.1) is 0 Å². The maximum absolute atomic E-state index is 10.2. The van der Waals surface area contributed by atoms with Crippen molar-refractivity contribution in [1.82, 2.24) is 25.1 Å². The first-order valence-corrected chi connectivity index (χ1v) is 12.7. The lowest BCUT2D eigenvalue weighted by Gasteiger charge is -2.21. The maximum atomic E-state index is 10.2. The fraction of sp³-hybridized carbons (Fsp3) is 0.179. The first-order chi connectivity index (χ1) is 19.4. The number of nitrogens with one attached hydrogen (secondary N) is 2. The summed E-state index contributed by atoms with van der Waals surface area (Å²) in [6.45, 7) is 3.63. The Morgan fingerprint density at radius 3 is 2.60 bits per heavy atom. The van der Waals surface area contributed by atoms with Crippen LogP contribution in [0.1, 0.15) is 31.0 Å². The highest BCUT2D eigenvalue weighted by molar-refractivity contribution is 6.62. The van der Waals surface area contributed by atoms with Gasteiger partial charge in [-0.1, -0.05) is 36.4 Å². The van der Waals surface area contributed by atoms with Gasteiger partial charge in [0, 0.05) is 24.3 Å². The molecule has 0 saturated carbocycles. The molecular weight excluding hydrogens is 509 g/mol. The minimum atomic E-state index is -0.968. The Morgan fingerprint density at radius 1 is 1.00 bits per heavy atom. The molecule has 2 aromatic carbocycles. The zero-order chi connectivity index (χ0) is 27.7. The van der Waals surface area contributed by atoms with Crippen molar-refractivity contribution in [1.29, 1.82) is 0 Å². The molecule has 4 N–H and O–H groups in total. The van der Waals surface area contributed by atoms with E-state index in [2.05, 4.69) is 30.8 Å². The summed E-state index contributed by atoms with van der Waals surface area (Å²) in [6, 6.07) is 18.3. The molecule has 6 rings (SSSR count). The molecule has 0 fully saturated rings. The summed E-state index contributed by atoms with van der Waals surface area (Å²) in [4.78, 5) is 13.3. The third-order valence-electron chi connectivity index (χ3n) is 6.68. The van der Waals surface area contributed by atoms with E-state index in [-0.39, 0.29) is 12.5 Å². The fourth-order valence-corrected chi connectivity index (χ4v) is 4.64. The van der Waals surface area contributed by atoms with Crippen molar-refractivity contribution < 1.29 is 19.2 Å². The molecule has 1 aliphatic heterocycles. The molecule has 200 valence electrons. The molecular formula is C28H26BN7O4. The van der Waals surface area contributed by atoms with Crippen LogP contribution in [-0.4, -0.2) is 49.0 Å². The van der Waals surface area contributed by atoms with Crippen molar-refractivity contribution in [2.75, 3.05) is 17.2 Å². The zero-order valence-corrected chi connectivity index (χ0v) is 21.8. The zero-order valence-electron chi connectivity index (χ0n) is 21.8. The highest BCUT2D eigenvalue weighted by Crippen LogP contribution is 2.34. The standard InChI is InChI=1S/C28H26BN7O4/c1-28(2)21-13-19(10-11-22(21)29(38)40-28)32-27-31-15-20(26-36-35-25(39-26)18-9-6-12-30-14-18)24(34-27)33-23(16-37)17-7-4-3-5-8-17/h3-15,23,37-38H,16H2,1-2H3,(H2,31,32,33,34)/t23-/m1/s1. The summed E-state index contributed by atoms with van der Waals surface area (Å²) >= 11 is 0. The van der Waals surface area contributed by atoms with Crippen LogP contribution in [0.4, 0.5) is 17.5 Å². The van der Waals surface area contributed by atoms with Crippen LogP contribution in [0.25, 0.3) is 22.9 Å². The van der Waals surface area contributed by atoms with Gasteiger partial charge in [0.25, 0.3) is 5.89 Å². The second-order valence-corrected chi connectivity index (χ2v) is 9.81. The van der Waals surface area contributed by atoms with E-state index in [1.165, 1.54) is 0 Å².